The SMILES string of the molecule is CCCOc1cccc(CNC(=O)NC(C)c2cc(OC)ccc2OC)c1. The Bertz CT molecular complexity index is 749. The zero-order chi connectivity index (χ0) is 19.6. The summed E-state index contributed by atoms with van der Waals surface area (Å²) in [6.45, 7) is 5.05. The van der Waals surface area contributed by atoms with E-state index in [-0.39, 0.29) is 12.1 Å². The molecule has 0 aliphatic rings. The van der Waals surface area contributed by atoms with Gasteiger partial charge in [-0.1, -0.05) is 19.1 Å². The van der Waals surface area contributed by atoms with Gasteiger partial charge in [0.1, 0.15) is 17.2 Å². The Labute approximate surface area is 160 Å². The number of ether oxygens (including phenoxy) is 3. The van der Waals surface area contributed by atoms with E-state index in [1.807, 2.05) is 49.4 Å². The van der Waals surface area contributed by atoms with Crippen LogP contribution in [0, 0.1) is 0 Å². The summed E-state index contributed by atoms with van der Waals surface area (Å²) in [5.74, 6) is 2.22. The van der Waals surface area contributed by atoms with Gasteiger partial charge in [-0.2, -0.15) is 0 Å². The van der Waals surface area contributed by atoms with E-state index in [9.17, 15) is 4.79 Å². The molecule has 0 spiro atoms. The minimum absolute atomic E-state index is 0.241. The van der Waals surface area contributed by atoms with E-state index in [2.05, 4.69) is 17.6 Å². The standard InChI is InChI=1S/C21H28N2O4/c1-5-11-27-18-8-6-7-16(12-18)14-22-21(24)23-15(2)19-13-17(25-3)9-10-20(19)26-4/h6-10,12-13,15H,5,11,14H2,1-4H3,(H2,22,23,24). The monoisotopic (exact) mass is 372 g/mol. The van der Waals surface area contributed by atoms with Crippen LogP contribution >= 0.6 is 0 Å². The molecule has 0 heterocycles. The van der Waals surface area contributed by atoms with Crippen LogP contribution in [0.1, 0.15) is 37.4 Å². The highest BCUT2D eigenvalue weighted by Crippen LogP contribution is 2.29. The molecule has 0 aromatic heterocycles. The second kappa shape index (κ2) is 10.3. The van der Waals surface area contributed by atoms with Gasteiger partial charge in [-0.05, 0) is 49.2 Å². The largest absolute Gasteiger partial charge is 0.497 e. The van der Waals surface area contributed by atoms with Crippen molar-refractivity contribution in [3.63, 3.8) is 0 Å². The van der Waals surface area contributed by atoms with Crippen molar-refractivity contribution >= 4 is 6.03 Å². The van der Waals surface area contributed by atoms with Crippen LogP contribution in [0.3, 0.4) is 0 Å². The van der Waals surface area contributed by atoms with Crippen molar-refractivity contribution in [3.8, 4) is 17.2 Å². The van der Waals surface area contributed by atoms with E-state index < -0.39 is 0 Å². The predicted molar refractivity (Wildman–Crippen MR) is 106 cm³/mol. The van der Waals surface area contributed by atoms with Crippen LogP contribution in [0.2, 0.25) is 0 Å². The first-order valence-corrected chi connectivity index (χ1v) is 9.05. The summed E-state index contributed by atoms with van der Waals surface area (Å²) in [6.07, 6.45) is 0.955. The Morgan fingerprint density at radius 2 is 1.89 bits per heavy atom. The van der Waals surface area contributed by atoms with Crippen LogP contribution in [0.15, 0.2) is 42.5 Å². The quantitative estimate of drug-likeness (QED) is 0.697. The molecule has 27 heavy (non-hydrogen) atoms. The van der Waals surface area contributed by atoms with Crippen molar-refractivity contribution in [1.29, 1.82) is 0 Å². The highest BCUT2D eigenvalue weighted by molar-refractivity contribution is 5.74. The number of amides is 2. The fourth-order valence-electron chi connectivity index (χ4n) is 2.65. The zero-order valence-corrected chi connectivity index (χ0v) is 16.4. The van der Waals surface area contributed by atoms with E-state index >= 15 is 0 Å². The Kier molecular flexibility index (Phi) is 7.79. The van der Waals surface area contributed by atoms with Gasteiger partial charge in [-0.25, -0.2) is 4.79 Å². The summed E-state index contributed by atoms with van der Waals surface area (Å²) < 4.78 is 16.3. The third-order valence-electron chi connectivity index (χ3n) is 4.08. The topological polar surface area (TPSA) is 68.8 Å². The maximum atomic E-state index is 12.3. The van der Waals surface area contributed by atoms with Crippen LogP contribution < -0.4 is 24.8 Å². The highest BCUT2D eigenvalue weighted by Gasteiger charge is 2.15. The molecule has 6 nitrogen and oxygen atoms in total. The van der Waals surface area contributed by atoms with Crippen molar-refractivity contribution in [2.24, 2.45) is 0 Å². The summed E-state index contributed by atoms with van der Waals surface area (Å²) in [5.41, 5.74) is 1.83. The predicted octanol–water partition coefficient (Wildman–Crippen LogP) is 4.05. The second-order valence-electron chi connectivity index (χ2n) is 6.15. The second-order valence-corrected chi connectivity index (χ2v) is 6.15. The minimum Gasteiger partial charge on any atom is -0.497 e. The number of rotatable bonds is 9. The van der Waals surface area contributed by atoms with Gasteiger partial charge in [-0.3, -0.25) is 0 Å². The molecule has 0 saturated carbocycles. The lowest BCUT2D eigenvalue weighted by Gasteiger charge is -2.18. The zero-order valence-electron chi connectivity index (χ0n) is 16.4. The molecular formula is C21H28N2O4. The molecule has 1 unspecified atom stereocenters. The molecule has 6 heteroatoms. The summed E-state index contributed by atoms with van der Waals surface area (Å²) in [4.78, 5) is 12.3. The lowest BCUT2D eigenvalue weighted by Crippen LogP contribution is -2.36. The Morgan fingerprint density at radius 1 is 1.07 bits per heavy atom. The number of benzene rings is 2. The van der Waals surface area contributed by atoms with Gasteiger partial charge in [0, 0.05) is 12.1 Å². The van der Waals surface area contributed by atoms with Crippen LogP contribution in [-0.2, 0) is 6.54 Å². The summed E-state index contributed by atoms with van der Waals surface area (Å²) >= 11 is 0. The van der Waals surface area contributed by atoms with Crippen molar-refractivity contribution in [2.45, 2.75) is 32.9 Å². The van der Waals surface area contributed by atoms with Gasteiger partial charge < -0.3 is 24.8 Å². The number of carbonyl (C=O) groups excluding carboxylic acids is 1. The molecule has 0 fully saturated rings. The smallest absolute Gasteiger partial charge is 0.315 e. The first-order chi connectivity index (χ1) is 13.1. The normalized spacial score (nSPS) is 11.4. The molecule has 0 aliphatic carbocycles. The Balaban J connectivity index is 1.94. The van der Waals surface area contributed by atoms with E-state index in [0.717, 1.165) is 23.3 Å². The van der Waals surface area contributed by atoms with Gasteiger partial charge in [0.2, 0.25) is 0 Å². The van der Waals surface area contributed by atoms with E-state index in [4.69, 9.17) is 14.2 Å². The molecule has 2 rings (SSSR count). The number of hydrogen-bond acceptors (Lipinski definition) is 4. The fourth-order valence-corrected chi connectivity index (χ4v) is 2.65. The third kappa shape index (κ3) is 6.09. The van der Waals surface area contributed by atoms with Crippen molar-refractivity contribution < 1.29 is 19.0 Å². The average Bonchev–Trinajstić information content (AvgIpc) is 2.70. The first-order valence-electron chi connectivity index (χ1n) is 9.05. The van der Waals surface area contributed by atoms with E-state index in [1.54, 1.807) is 14.2 Å². The highest BCUT2D eigenvalue weighted by atomic mass is 16.5. The molecule has 146 valence electrons. The molecule has 2 amide bonds. The van der Waals surface area contributed by atoms with E-state index in [1.165, 1.54) is 0 Å². The number of methoxy groups -OCH3 is 2. The number of carbonyl (C=O) groups is 1. The first kappa shape index (κ1) is 20.4. The average molecular weight is 372 g/mol. The maximum Gasteiger partial charge on any atom is 0.315 e. The summed E-state index contributed by atoms with van der Waals surface area (Å²) in [6, 6.07) is 12.7. The van der Waals surface area contributed by atoms with Gasteiger partial charge in [-0.15, -0.1) is 0 Å². The molecule has 0 aliphatic heterocycles. The molecule has 2 N–H and O–H groups in total. The van der Waals surface area contributed by atoms with Crippen LogP contribution in [0.25, 0.3) is 0 Å². The van der Waals surface area contributed by atoms with Gasteiger partial charge in [0.05, 0.1) is 26.9 Å². The Morgan fingerprint density at radius 3 is 2.59 bits per heavy atom. The molecular weight excluding hydrogens is 344 g/mol. The molecule has 0 saturated heterocycles. The molecule has 1 atom stereocenters. The molecule has 2 aromatic rings. The molecule has 0 bridgehead atoms. The van der Waals surface area contributed by atoms with Crippen molar-refractivity contribution in [1.82, 2.24) is 10.6 Å². The lowest BCUT2D eigenvalue weighted by molar-refractivity contribution is 0.237. The van der Waals surface area contributed by atoms with E-state index in [0.29, 0.717) is 24.7 Å². The fraction of sp³-hybridized carbons (Fsp3) is 0.381. The number of hydrogen-bond donors (Lipinski definition) is 2. The van der Waals surface area contributed by atoms with Crippen LogP contribution in [0.5, 0.6) is 17.2 Å². The number of urea groups is 1. The summed E-state index contributed by atoms with van der Waals surface area (Å²) in [5, 5.41) is 5.80. The van der Waals surface area contributed by atoms with Crippen molar-refractivity contribution in [2.75, 3.05) is 20.8 Å². The third-order valence-corrected chi connectivity index (χ3v) is 4.08. The number of nitrogens with one attached hydrogen (secondary N) is 2. The summed E-state index contributed by atoms with van der Waals surface area (Å²) in [7, 11) is 3.21. The van der Waals surface area contributed by atoms with Crippen molar-refractivity contribution in [3.05, 3.63) is 53.6 Å². The maximum absolute atomic E-state index is 12.3. The van der Waals surface area contributed by atoms with Crippen LogP contribution in [-0.4, -0.2) is 26.9 Å². The van der Waals surface area contributed by atoms with Gasteiger partial charge >= 0.3 is 6.03 Å². The minimum atomic E-state index is -0.257. The Hall–Kier alpha value is -2.89. The van der Waals surface area contributed by atoms with Gasteiger partial charge in [0.25, 0.3) is 0 Å². The molecule has 0 radical (unpaired) electrons. The molecule has 2 aromatic carbocycles. The lowest BCUT2D eigenvalue weighted by atomic mass is 10.1. The van der Waals surface area contributed by atoms with Gasteiger partial charge in [0.15, 0.2) is 0 Å². The van der Waals surface area contributed by atoms with Crippen LogP contribution in [0.4, 0.5) is 4.79 Å².